The lowest BCUT2D eigenvalue weighted by Gasteiger charge is -2.33. The second-order valence-corrected chi connectivity index (χ2v) is 5.38. The molecule has 1 atom stereocenters. The van der Waals surface area contributed by atoms with Crippen LogP contribution in [0, 0.1) is 0 Å². The van der Waals surface area contributed by atoms with Crippen LogP contribution in [-0.4, -0.2) is 41.3 Å². The van der Waals surface area contributed by atoms with Gasteiger partial charge in [0.25, 0.3) is 0 Å². The number of para-hydroxylation sites is 1. The first kappa shape index (κ1) is 14.6. The van der Waals surface area contributed by atoms with Crippen molar-refractivity contribution in [2.75, 3.05) is 20.7 Å². The zero-order valence-electron chi connectivity index (χ0n) is 12.8. The normalized spacial score (nSPS) is 17.8. The van der Waals surface area contributed by atoms with Gasteiger partial charge in [-0.15, -0.1) is 0 Å². The van der Waals surface area contributed by atoms with E-state index in [4.69, 9.17) is 4.74 Å². The largest absolute Gasteiger partial charge is 0.496 e. The maximum atomic E-state index is 12.1. The van der Waals surface area contributed by atoms with Gasteiger partial charge < -0.3 is 10.1 Å². The Morgan fingerprint density at radius 3 is 3.00 bits per heavy atom. The van der Waals surface area contributed by atoms with Crippen LogP contribution in [0.2, 0.25) is 0 Å². The van der Waals surface area contributed by atoms with Gasteiger partial charge in [0.15, 0.2) is 0 Å². The summed E-state index contributed by atoms with van der Waals surface area (Å²) in [5.41, 5.74) is 2.17. The number of ether oxygens (including phenoxy) is 1. The second kappa shape index (κ2) is 6.19. The molecule has 1 amide bonds. The van der Waals surface area contributed by atoms with E-state index in [1.54, 1.807) is 20.4 Å². The molecule has 0 saturated carbocycles. The molecule has 0 saturated heterocycles. The molecule has 1 aliphatic rings. The Hall–Kier alpha value is -2.34. The molecule has 1 aliphatic heterocycles. The summed E-state index contributed by atoms with van der Waals surface area (Å²) in [5.74, 6) is 0.854. The molecular weight excluding hydrogens is 280 g/mol. The predicted octanol–water partition coefficient (Wildman–Crippen LogP) is 1.19. The third-order valence-corrected chi connectivity index (χ3v) is 4.00. The molecule has 6 nitrogen and oxygen atoms in total. The average molecular weight is 300 g/mol. The minimum Gasteiger partial charge on any atom is -0.496 e. The van der Waals surface area contributed by atoms with Crippen molar-refractivity contribution in [3.8, 4) is 5.75 Å². The number of rotatable bonds is 4. The van der Waals surface area contributed by atoms with Crippen LogP contribution in [-0.2, 0) is 17.9 Å². The molecule has 3 rings (SSSR count). The maximum absolute atomic E-state index is 12.1. The number of nitrogens with one attached hydrogen (secondary N) is 1. The summed E-state index contributed by atoms with van der Waals surface area (Å²) in [6.07, 6.45) is 1.75. The number of carbonyl (C=O) groups excluding carboxylic acids is 1. The van der Waals surface area contributed by atoms with Crippen molar-refractivity contribution in [1.29, 1.82) is 0 Å². The van der Waals surface area contributed by atoms with Crippen molar-refractivity contribution in [2.24, 2.45) is 0 Å². The smallest absolute Gasteiger partial charge is 0.245 e. The van der Waals surface area contributed by atoms with Crippen molar-refractivity contribution >= 4 is 5.91 Å². The fourth-order valence-electron chi connectivity index (χ4n) is 2.92. The van der Waals surface area contributed by atoms with E-state index in [9.17, 15) is 4.79 Å². The Labute approximate surface area is 129 Å². The minimum atomic E-state index is -0.293. The topological polar surface area (TPSA) is 59.4 Å². The molecule has 0 bridgehead atoms. The molecule has 0 fully saturated rings. The van der Waals surface area contributed by atoms with E-state index in [-0.39, 0.29) is 11.9 Å². The number of carbonyl (C=O) groups is 1. The summed E-state index contributed by atoms with van der Waals surface area (Å²) in [5, 5.41) is 7.01. The Morgan fingerprint density at radius 1 is 1.41 bits per heavy atom. The van der Waals surface area contributed by atoms with Crippen molar-refractivity contribution in [3.63, 3.8) is 0 Å². The van der Waals surface area contributed by atoms with E-state index in [1.807, 2.05) is 28.9 Å². The van der Waals surface area contributed by atoms with Crippen LogP contribution in [0.5, 0.6) is 5.75 Å². The van der Waals surface area contributed by atoms with Gasteiger partial charge in [-0.25, -0.2) is 0 Å². The van der Waals surface area contributed by atoms with Gasteiger partial charge in [0.1, 0.15) is 11.8 Å². The number of likely N-dealkylation sites (N-methyl/N-ethyl adjacent to an activating group) is 1. The van der Waals surface area contributed by atoms with Gasteiger partial charge in [0, 0.05) is 38.4 Å². The van der Waals surface area contributed by atoms with Gasteiger partial charge in [-0.1, -0.05) is 18.2 Å². The predicted molar refractivity (Wildman–Crippen MR) is 82.4 cm³/mol. The summed E-state index contributed by atoms with van der Waals surface area (Å²) in [4.78, 5) is 14.4. The summed E-state index contributed by atoms with van der Waals surface area (Å²) >= 11 is 0. The lowest BCUT2D eigenvalue weighted by molar-refractivity contribution is -0.125. The van der Waals surface area contributed by atoms with E-state index in [0.717, 1.165) is 30.1 Å². The van der Waals surface area contributed by atoms with Crippen LogP contribution in [0.15, 0.2) is 36.5 Å². The van der Waals surface area contributed by atoms with E-state index >= 15 is 0 Å². The first-order chi connectivity index (χ1) is 10.7. The molecule has 2 heterocycles. The number of amides is 1. The standard InChI is InChI=1S/C16H20N4O2/c1-17-16(21)14-11-19(10-13-7-8-18-20(13)14)9-12-5-3-4-6-15(12)22-2/h3-8,14H,9-11H2,1-2H3,(H,17,21)/t14-/m0/s1. The van der Waals surface area contributed by atoms with Crippen LogP contribution in [0.25, 0.3) is 0 Å². The zero-order valence-corrected chi connectivity index (χ0v) is 12.8. The fourth-order valence-corrected chi connectivity index (χ4v) is 2.92. The Balaban J connectivity index is 1.83. The number of benzene rings is 1. The van der Waals surface area contributed by atoms with Gasteiger partial charge in [0.05, 0.1) is 12.8 Å². The number of fused-ring (bicyclic) bond motifs is 1. The molecule has 116 valence electrons. The third kappa shape index (κ3) is 2.69. The molecule has 0 radical (unpaired) electrons. The highest BCUT2D eigenvalue weighted by molar-refractivity contribution is 5.80. The molecule has 1 N–H and O–H groups in total. The SMILES string of the molecule is CNC(=O)[C@@H]1CN(Cc2ccccc2OC)Cc2ccnn21. The molecule has 22 heavy (non-hydrogen) atoms. The van der Waals surface area contributed by atoms with E-state index < -0.39 is 0 Å². The average Bonchev–Trinajstić information content (AvgIpc) is 3.02. The molecule has 2 aromatic rings. The van der Waals surface area contributed by atoms with E-state index in [2.05, 4.69) is 21.4 Å². The highest BCUT2D eigenvalue weighted by Crippen LogP contribution is 2.25. The maximum Gasteiger partial charge on any atom is 0.245 e. The van der Waals surface area contributed by atoms with Crippen LogP contribution in [0.1, 0.15) is 17.3 Å². The summed E-state index contributed by atoms with van der Waals surface area (Å²) in [6, 6.07) is 9.64. The molecule has 6 heteroatoms. The van der Waals surface area contributed by atoms with Gasteiger partial charge in [-0.2, -0.15) is 5.10 Å². The number of nitrogens with zero attached hydrogens (tertiary/aromatic N) is 3. The van der Waals surface area contributed by atoms with Crippen LogP contribution < -0.4 is 10.1 Å². The van der Waals surface area contributed by atoms with E-state index in [0.29, 0.717) is 6.54 Å². The van der Waals surface area contributed by atoms with Crippen LogP contribution in [0.3, 0.4) is 0 Å². The molecule has 0 unspecified atom stereocenters. The number of aromatic nitrogens is 2. The van der Waals surface area contributed by atoms with Gasteiger partial charge >= 0.3 is 0 Å². The van der Waals surface area contributed by atoms with Gasteiger partial charge in [0.2, 0.25) is 5.91 Å². The molecule has 1 aromatic carbocycles. The highest BCUT2D eigenvalue weighted by Gasteiger charge is 2.30. The van der Waals surface area contributed by atoms with Crippen molar-refractivity contribution in [1.82, 2.24) is 20.0 Å². The zero-order chi connectivity index (χ0) is 15.5. The lowest BCUT2D eigenvalue weighted by atomic mass is 10.1. The Morgan fingerprint density at radius 2 is 2.23 bits per heavy atom. The second-order valence-electron chi connectivity index (χ2n) is 5.38. The number of hydrogen-bond acceptors (Lipinski definition) is 4. The van der Waals surface area contributed by atoms with Gasteiger partial charge in [-0.3, -0.25) is 14.4 Å². The van der Waals surface area contributed by atoms with Crippen molar-refractivity contribution in [2.45, 2.75) is 19.1 Å². The first-order valence-corrected chi connectivity index (χ1v) is 7.31. The Bertz CT molecular complexity index is 668. The highest BCUT2D eigenvalue weighted by atomic mass is 16.5. The van der Waals surface area contributed by atoms with E-state index in [1.165, 1.54) is 0 Å². The minimum absolute atomic E-state index is 0.0188. The fraction of sp³-hybridized carbons (Fsp3) is 0.375. The number of methoxy groups -OCH3 is 1. The van der Waals surface area contributed by atoms with Gasteiger partial charge in [-0.05, 0) is 12.1 Å². The quantitative estimate of drug-likeness (QED) is 0.921. The van der Waals surface area contributed by atoms with Crippen LogP contribution >= 0.6 is 0 Å². The molecular formula is C16H20N4O2. The Kier molecular flexibility index (Phi) is 4.11. The summed E-state index contributed by atoms with van der Waals surface area (Å²) in [7, 11) is 3.34. The monoisotopic (exact) mass is 300 g/mol. The summed E-state index contributed by atoms with van der Waals surface area (Å²) in [6.45, 7) is 2.14. The molecule has 0 aliphatic carbocycles. The molecule has 1 aromatic heterocycles. The number of hydrogen-bond donors (Lipinski definition) is 1. The van der Waals surface area contributed by atoms with Crippen LogP contribution in [0.4, 0.5) is 0 Å². The molecule has 0 spiro atoms. The van der Waals surface area contributed by atoms with Crippen molar-refractivity contribution in [3.05, 3.63) is 47.8 Å². The third-order valence-electron chi connectivity index (χ3n) is 4.00. The lowest BCUT2D eigenvalue weighted by Crippen LogP contribution is -2.44. The first-order valence-electron chi connectivity index (χ1n) is 7.31. The summed E-state index contributed by atoms with van der Waals surface area (Å²) < 4.78 is 7.23. The van der Waals surface area contributed by atoms with Crippen molar-refractivity contribution < 1.29 is 9.53 Å².